The van der Waals surface area contributed by atoms with Crippen LogP contribution in [0.5, 0.6) is 0 Å². The van der Waals surface area contributed by atoms with Crippen LogP contribution in [0, 0.1) is 5.82 Å². The van der Waals surface area contributed by atoms with Crippen molar-refractivity contribution < 1.29 is 17.6 Å². The molecule has 5 nitrogen and oxygen atoms in total. The summed E-state index contributed by atoms with van der Waals surface area (Å²) in [6.07, 6.45) is 0.210. The summed E-state index contributed by atoms with van der Waals surface area (Å²) < 4.78 is 40.2. The number of sulfonamides is 1. The molecule has 0 atom stereocenters. The standard InChI is InChI=1S/C20H19FN2O3S2/c21-17-4-1-3-16(11-17)14-28(25,26)23-18-8-6-15(7-9-18)12-20(24)22-13-19-5-2-10-27-19/h1-11,23H,12-14H2,(H,22,24). The lowest BCUT2D eigenvalue weighted by atomic mass is 10.1. The number of carbonyl (C=O) groups excluding carboxylic acids is 1. The van der Waals surface area contributed by atoms with E-state index in [0.717, 1.165) is 10.4 Å². The molecule has 3 rings (SSSR count). The maximum absolute atomic E-state index is 13.2. The van der Waals surface area contributed by atoms with Crippen molar-refractivity contribution in [3.05, 3.63) is 87.9 Å². The molecule has 0 spiro atoms. The zero-order valence-corrected chi connectivity index (χ0v) is 16.5. The lowest BCUT2D eigenvalue weighted by molar-refractivity contribution is -0.120. The van der Waals surface area contributed by atoms with Gasteiger partial charge in [0.1, 0.15) is 5.82 Å². The van der Waals surface area contributed by atoms with Crippen molar-refractivity contribution in [2.24, 2.45) is 0 Å². The van der Waals surface area contributed by atoms with Crippen molar-refractivity contribution in [2.45, 2.75) is 18.7 Å². The Kier molecular flexibility index (Phi) is 6.43. The van der Waals surface area contributed by atoms with Crippen LogP contribution in [0.15, 0.2) is 66.0 Å². The number of amides is 1. The minimum atomic E-state index is -3.67. The summed E-state index contributed by atoms with van der Waals surface area (Å²) in [7, 11) is -3.67. The lowest BCUT2D eigenvalue weighted by Gasteiger charge is -2.09. The van der Waals surface area contributed by atoms with Crippen LogP contribution < -0.4 is 10.0 Å². The fourth-order valence-corrected chi connectivity index (χ4v) is 4.43. The molecular formula is C20H19FN2O3S2. The molecule has 0 bridgehead atoms. The molecular weight excluding hydrogens is 399 g/mol. The van der Waals surface area contributed by atoms with Crippen LogP contribution in [0.25, 0.3) is 0 Å². The summed E-state index contributed by atoms with van der Waals surface area (Å²) in [4.78, 5) is 13.1. The summed E-state index contributed by atoms with van der Waals surface area (Å²) in [5.41, 5.74) is 1.53. The summed E-state index contributed by atoms with van der Waals surface area (Å²) in [6.45, 7) is 0.495. The second kappa shape index (κ2) is 8.99. The fourth-order valence-electron chi connectivity index (χ4n) is 2.60. The molecule has 0 aliphatic heterocycles. The third-order valence-electron chi connectivity index (χ3n) is 3.88. The van der Waals surface area contributed by atoms with Gasteiger partial charge in [-0.2, -0.15) is 0 Å². The van der Waals surface area contributed by atoms with Gasteiger partial charge in [0, 0.05) is 10.6 Å². The van der Waals surface area contributed by atoms with Crippen molar-refractivity contribution in [3.8, 4) is 0 Å². The molecule has 0 saturated carbocycles. The fraction of sp³-hybridized carbons (Fsp3) is 0.150. The molecule has 1 amide bonds. The highest BCUT2D eigenvalue weighted by atomic mass is 32.2. The Balaban J connectivity index is 1.54. The number of rotatable bonds is 8. The Morgan fingerprint density at radius 3 is 2.46 bits per heavy atom. The SMILES string of the molecule is O=C(Cc1ccc(NS(=O)(=O)Cc2cccc(F)c2)cc1)NCc1cccs1. The molecule has 146 valence electrons. The molecule has 8 heteroatoms. The minimum Gasteiger partial charge on any atom is -0.351 e. The first-order valence-corrected chi connectivity index (χ1v) is 11.1. The van der Waals surface area contributed by atoms with Gasteiger partial charge >= 0.3 is 0 Å². The van der Waals surface area contributed by atoms with E-state index in [1.807, 2.05) is 17.5 Å². The number of anilines is 1. The van der Waals surface area contributed by atoms with E-state index in [2.05, 4.69) is 10.0 Å². The van der Waals surface area contributed by atoms with Crippen molar-refractivity contribution in [1.82, 2.24) is 5.32 Å². The summed E-state index contributed by atoms with van der Waals surface area (Å²) in [6, 6.07) is 16.0. The topological polar surface area (TPSA) is 75.3 Å². The van der Waals surface area contributed by atoms with Gasteiger partial charge in [-0.05, 0) is 46.8 Å². The molecule has 0 unspecified atom stereocenters. The molecule has 28 heavy (non-hydrogen) atoms. The summed E-state index contributed by atoms with van der Waals surface area (Å²) in [5.74, 6) is -0.903. The maximum atomic E-state index is 13.2. The number of thiophene rings is 1. The smallest absolute Gasteiger partial charge is 0.236 e. The molecule has 0 radical (unpaired) electrons. The van der Waals surface area contributed by atoms with E-state index >= 15 is 0 Å². The molecule has 0 aliphatic carbocycles. The normalized spacial score (nSPS) is 11.2. The third-order valence-corrected chi connectivity index (χ3v) is 6.01. The average Bonchev–Trinajstić information content (AvgIpc) is 3.14. The van der Waals surface area contributed by atoms with Gasteiger partial charge in [-0.1, -0.05) is 30.3 Å². The minimum absolute atomic E-state index is 0.104. The number of hydrogen-bond donors (Lipinski definition) is 2. The van der Waals surface area contributed by atoms with E-state index in [0.29, 0.717) is 17.8 Å². The zero-order valence-electron chi connectivity index (χ0n) is 14.9. The largest absolute Gasteiger partial charge is 0.351 e. The molecule has 2 N–H and O–H groups in total. The van der Waals surface area contributed by atoms with Crippen molar-refractivity contribution in [2.75, 3.05) is 4.72 Å². The Bertz CT molecular complexity index is 1030. The monoisotopic (exact) mass is 418 g/mol. The van der Waals surface area contributed by atoms with Crippen molar-refractivity contribution in [3.63, 3.8) is 0 Å². The molecule has 1 heterocycles. The first-order chi connectivity index (χ1) is 13.4. The van der Waals surface area contributed by atoms with Crippen LogP contribution >= 0.6 is 11.3 Å². The van der Waals surface area contributed by atoms with Crippen LogP contribution in [0.2, 0.25) is 0 Å². The van der Waals surface area contributed by atoms with Gasteiger partial charge in [-0.15, -0.1) is 11.3 Å². The Hall–Kier alpha value is -2.71. The average molecular weight is 419 g/mol. The van der Waals surface area contributed by atoms with E-state index in [1.54, 1.807) is 41.7 Å². The third kappa shape index (κ3) is 6.17. The molecule has 2 aromatic carbocycles. The van der Waals surface area contributed by atoms with Crippen LogP contribution in [0.1, 0.15) is 16.0 Å². The van der Waals surface area contributed by atoms with E-state index < -0.39 is 15.8 Å². The van der Waals surface area contributed by atoms with Crippen molar-refractivity contribution in [1.29, 1.82) is 0 Å². The van der Waals surface area contributed by atoms with E-state index in [4.69, 9.17) is 0 Å². The Morgan fingerprint density at radius 1 is 1.00 bits per heavy atom. The van der Waals surface area contributed by atoms with Crippen LogP contribution in [-0.2, 0) is 33.5 Å². The molecule has 1 aromatic heterocycles. The van der Waals surface area contributed by atoms with Gasteiger partial charge in [0.15, 0.2) is 0 Å². The maximum Gasteiger partial charge on any atom is 0.236 e. The second-order valence-electron chi connectivity index (χ2n) is 6.22. The number of carbonyl (C=O) groups is 1. The summed E-state index contributed by atoms with van der Waals surface area (Å²) in [5, 5.41) is 4.80. The number of halogens is 1. The predicted octanol–water partition coefficient (Wildman–Crippen LogP) is 3.69. The highest BCUT2D eigenvalue weighted by Crippen LogP contribution is 2.15. The highest BCUT2D eigenvalue weighted by Gasteiger charge is 2.12. The molecule has 0 fully saturated rings. The predicted molar refractivity (Wildman–Crippen MR) is 109 cm³/mol. The zero-order chi connectivity index (χ0) is 20.0. The van der Waals surface area contributed by atoms with Gasteiger partial charge in [0.2, 0.25) is 15.9 Å². The lowest BCUT2D eigenvalue weighted by Crippen LogP contribution is -2.24. The highest BCUT2D eigenvalue weighted by molar-refractivity contribution is 7.91. The van der Waals surface area contributed by atoms with E-state index in [1.165, 1.54) is 18.2 Å². The van der Waals surface area contributed by atoms with Gasteiger partial charge in [-0.3, -0.25) is 9.52 Å². The van der Waals surface area contributed by atoms with Gasteiger partial charge in [-0.25, -0.2) is 12.8 Å². The van der Waals surface area contributed by atoms with Crippen LogP contribution in [0.4, 0.5) is 10.1 Å². The summed E-state index contributed by atoms with van der Waals surface area (Å²) >= 11 is 1.58. The van der Waals surface area contributed by atoms with Crippen LogP contribution in [0.3, 0.4) is 0 Å². The van der Waals surface area contributed by atoms with E-state index in [-0.39, 0.29) is 18.1 Å². The quantitative estimate of drug-likeness (QED) is 0.586. The molecule has 0 aliphatic rings. The van der Waals surface area contributed by atoms with Crippen LogP contribution in [-0.4, -0.2) is 14.3 Å². The number of benzene rings is 2. The first-order valence-electron chi connectivity index (χ1n) is 8.52. The molecule has 0 saturated heterocycles. The van der Waals surface area contributed by atoms with Gasteiger partial charge in [0.25, 0.3) is 0 Å². The number of hydrogen-bond acceptors (Lipinski definition) is 4. The second-order valence-corrected chi connectivity index (χ2v) is 8.98. The first kappa shape index (κ1) is 20.0. The van der Waals surface area contributed by atoms with E-state index in [9.17, 15) is 17.6 Å². The van der Waals surface area contributed by atoms with Gasteiger partial charge in [0.05, 0.1) is 18.7 Å². The number of nitrogens with one attached hydrogen (secondary N) is 2. The molecule has 3 aromatic rings. The van der Waals surface area contributed by atoms with Gasteiger partial charge < -0.3 is 5.32 Å². The Labute approximate surface area is 167 Å². The Morgan fingerprint density at radius 2 is 1.79 bits per heavy atom. The van der Waals surface area contributed by atoms with Crippen molar-refractivity contribution >= 4 is 33.0 Å².